The Morgan fingerprint density at radius 2 is 1.83 bits per heavy atom. The Labute approximate surface area is 134 Å². The first-order chi connectivity index (χ1) is 11.1. The van der Waals surface area contributed by atoms with Crippen LogP contribution in [0.1, 0.15) is 15.9 Å². The van der Waals surface area contributed by atoms with Crippen LogP contribution in [0.2, 0.25) is 0 Å². The van der Waals surface area contributed by atoms with Gasteiger partial charge in [0.15, 0.2) is 17.3 Å². The predicted molar refractivity (Wildman–Crippen MR) is 87.6 cm³/mol. The highest BCUT2D eigenvalue weighted by atomic mass is 16.5. The van der Waals surface area contributed by atoms with Gasteiger partial charge in [-0.2, -0.15) is 0 Å². The molecule has 2 aromatic rings. The fourth-order valence-electron chi connectivity index (χ4n) is 2.13. The first-order valence-corrected chi connectivity index (χ1v) is 6.90. The number of aromatic hydroxyl groups is 1. The van der Waals surface area contributed by atoms with Crippen molar-refractivity contribution in [3.8, 4) is 23.0 Å². The van der Waals surface area contributed by atoms with E-state index < -0.39 is 0 Å². The Balaban J connectivity index is 2.36. The molecule has 0 heterocycles. The van der Waals surface area contributed by atoms with Crippen molar-refractivity contribution >= 4 is 11.9 Å². The molecule has 23 heavy (non-hydrogen) atoms. The molecule has 0 amide bonds. The average Bonchev–Trinajstić information content (AvgIpc) is 2.58. The minimum Gasteiger partial charge on any atom is -0.508 e. The smallest absolute Gasteiger partial charge is 0.185 e. The van der Waals surface area contributed by atoms with Gasteiger partial charge in [-0.15, -0.1) is 0 Å². The normalized spacial score (nSPS) is 10.6. The molecular formula is C18H18O5. The highest BCUT2D eigenvalue weighted by molar-refractivity contribution is 6.07. The summed E-state index contributed by atoms with van der Waals surface area (Å²) < 4.78 is 15.8. The van der Waals surface area contributed by atoms with Gasteiger partial charge >= 0.3 is 0 Å². The number of ketones is 1. The maximum absolute atomic E-state index is 12.2. The maximum Gasteiger partial charge on any atom is 0.185 e. The fourth-order valence-corrected chi connectivity index (χ4v) is 2.13. The number of allylic oxidation sites excluding steroid dienone is 1. The number of phenolic OH excluding ortho intramolecular Hbond substituents is 1. The summed E-state index contributed by atoms with van der Waals surface area (Å²) in [5.41, 5.74) is 1.05. The van der Waals surface area contributed by atoms with Crippen molar-refractivity contribution in [1.29, 1.82) is 0 Å². The lowest BCUT2D eigenvalue weighted by molar-refractivity contribution is 0.104. The van der Waals surface area contributed by atoms with Crippen molar-refractivity contribution in [3.05, 3.63) is 53.6 Å². The third-order valence-corrected chi connectivity index (χ3v) is 3.26. The molecule has 0 aliphatic rings. The Morgan fingerprint density at radius 1 is 1.04 bits per heavy atom. The van der Waals surface area contributed by atoms with E-state index in [9.17, 15) is 9.90 Å². The molecule has 0 aliphatic heterocycles. The zero-order valence-electron chi connectivity index (χ0n) is 13.2. The van der Waals surface area contributed by atoms with E-state index in [1.54, 1.807) is 37.5 Å². The Bertz CT molecular complexity index is 734. The monoisotopic (exact) mass is 314 g/mol. The number of carbonyl (C=O) groups excluding carboxylic acids is 1. The van der Waals surface area contributed by atoms with Gasteiger partial charge in [-0.1, -0.05) is 12.1 Å². The second-order valence-corrected chi connectivity index (χ2v) is 4.70. The van der Waals surface area contributed by atoms with Crippen LogP contribution in [0.4, 0.5) is 0 Å². The van der Waals surface area contributed by atoms with Crippen LogP contribution in [-0.4, -0.2) is 32.2 Å². The summed E-state index contributed by atoms with van der Waals surface area (Å²) in [5, 5.41) is 9.44. The van der Waals surface area contributed by atoms with Crippen LogP contribution >= 0.6 is 0 Å². The van der Waals surface area contributed by atoms with Crippen molar-refractivity contribution < 1.29 is 24.1 Å². The van der Waals surface area contributed by atoms with Crippen molar-refractivity contribution in [2.45, 2.75) is 0 Å². The van der Waals surface area contributed by atoms with E-state index in [0.717, 1.165) is 0 Å². The van der Waals surface area contributed by atoms with Crippen LogP contribution in [-0.2, 0) is 0 Å². The minimum atomic E-state index is -0.232. The molecule has 0 saturated heterocycles. The predicted octanol–water partition coefficient (Wildman–Crippen LogP) is 3.31. The molecule has 0 fully saturated rings. The molecule has 0 radical (unpaired) electrons. The van der Waals surface area contributed by atoms with Crippen LogP contribution < -0.4 is 14.2 Å². The number of rotatable bonds is 6. The molecule has 5 heteroatoms. The van der Waals surface area contributed by atoms with Gasteiger partial charge in [-0.05, 0) is 30.4 Å². The molecule has 1 N–H and O–H groups in total. The van der Waals surface area contributed by atoms with E-state index in [0.29, 0.717) is 28.4 Å². The van der Waals surface area contributed by atoms with Crippen LogP contribution in [0.5, 0.6) is 23.0 Å². The third-order valence-electron chi connectivity index (χ3n) is 3.26. The summed E-state index contributed by atoms with van der Waals surface area (Å²) in [7, 11) is 4.61. The summed E-state index contributed by atoms with van der Waals surface area (Å²) >= 11 is 0. The molecule has 0 unspecified atom stereocenters. The quantitative estimate of drug-likeness (QED) is 0.654. The Morgan fingerprint density at radius 3 is 2.43 bits per heavy atom. The molecule has 2 aromatic carbocycles. The summed E-state index contributed by atoms with van der Waals surface area (Å²) in [6, 6.07) is 9.62. The number of benzene rings is 2. The highest BCUT2D eigenvalue weighted by Gasteiger charge is 2.11. The summed E-state index contributed by atoms with van der Waals surface area (Å²) in [5.74, 6) is 1.42. The standard InChI is InChI=1S/C18H18O5/c1-21-15-10-13(18(23-3)17(11-15)22-2)7-8-16(20)12-5-4-6-14(19)9-12/h4-11,19H,1-3H3/b8-7+. The van der Waals surface area contributed by atoms with Gasteiger partial charge in [-0.25, -0.2) is 0 Å². The number of hydrogen-bond donors (Lipinski definition) is 1. The van der Waals surface area contributed by atoms with Gasteiger partial charge in [0.25, 0.3) is 0 Å². The van der Waals surface area contributed by atoms with E-state index >= 15 is 0 Å². The molecule has 0 bridgehead atoms. The number of ether oxygens (including phenoxy) is 3. The molecule has 5 nitrogen and oxygen atoms in total. The van der Waals surface area contributed by atoms with E-state index in [1.807, 2.05) is 0 Å². The molecule has 2 rings (SSSR count). The average molecular weight is 314 g/mol. The van der Waals surface area contributed by atoms with Gasteiger partial charge in [0.2, 0.25) is 0 Å². The molecule has 0 spiro atoms. The minimum absolute atomic E-state index is 0.0462. The zero-order valence-corrected chi connectivity index (χ0v) is 13.2. The zero-order chi connectivity index (χ0) is 16.8. The van der Waals surface area contributed by atoms with Crippen molar-refractivity contribution in [1.82, 2.24) is 0 Å². The number of carbonyl (C=O) groups is 1. The number of phenols is 1. The van der Waals surface area contributed by atoms with Gasteiger partial charge < -0.3 is 19.3 Å². The lowest BCUT2D eigenvalue weighted by Gasteiger charge is -2.12. The molecule has 0 aromatic heterocycles. The number of methoxy groups -OCH3 is 3. The van der Waals surface area contributed by atoms with E-state index in [2.05, 4.69) is 0 Å². The lowest BCUT2D eigenvalue weighted by Crippen LogP contribution is -1.96. The van der Waals surface area contributed by atoms with Crippen molar-refractivity contribution in [3.63, 3.8) is 0 Å². The molecule has 0 atom stereocenters. The number of hydrogen-bond acceptors (Lipinski definition) is 5. The second kappa shape index (κ2) is 7.35. The van der Waals surface area contributed by atoms with E-state index in [-0.39, 0.29) is 11.5 Å². The van der Waals surface area contributed by atoms with Crippen LogP contribution in [0.25, 0.3) is 6.08 Å². The van der Waals surface area contributed by atoms with Gasteiger partial charge in [0, 0.05) is 17.2 Å². The Hall–Kier alpha value is -2.95. The van der Waals surface area contributed by atoms with Crippen molar-refractivity contribution in [2.24, 2.45) is 0 Å². The van der Waals surface area contributed by atoms with Crippen LogP contribution in [0.3, 0.4) is 0 Å². The SMILES string of the molecule is COc1cc(/C=C/C(=O)c2cccc(O)c2)c(OC)c(OC)c1. The summed E-state index contributed by atoms with van der Waals surface area (Å²) in [4.78, 5) is 12.2. The molecule has 120 valence electrons. The topological polar surface area (TPSA) is 65.0 Å². The summed E-state index contributed by atoms with van der Waals surface area (Å²) in [6.45, 7) is 0. The highest BCUT2D eigenvalue weighted by Crippen LogP contribution is 2.36. The molecular weight excluding hydrogens is 296 g/mol. The maximum atomic E-state index is 12.2. The first-order valence-electron chi connectivity index (χ1n) is 6.90. The summed E-state index contributed by atoms with van der Waals surface area (Å²) in [6.07, 6.45) is 3.03. The first kappa shape index (κ1) is 16.4. The van der Waals surface area contributed by atoms with Gasteiger partial charge in [0.05, 0.1) is 21.3 Å². The van der Waals surface area contributed by atoms with Crippen LogP contribution in [0, 0.1) is 0 Å². The van der Waals surface area contributed by atoms with E-state index in [1.165, 1.54) is 32.4 Å². The van der Waals surface area contributed by atoms with Crippen LogP contribution in [0.15, 0.2) is 42.5 Å². The third kappa shape index (κ3) is 3.83. The van der Waals surface area contributed by atoms with Gasteiger partial charge in [0.1, 0.15) is 11.5 Å². The Kier molecular flexibility index (Phi) is 5.25. The van der Waals surface area contributed by atoms with Gasteiger partial charge in [-0.3, -0.25) is 4.79 Å². The lowest BCUT2D eigenvalue weighted by atomic mass is 10.1. The fraction of sp³-hybridized carbons (Fsp3) is 0.167. The van der Waals surface area contributed by atoms with E-state index in [4.69, 9.17) is 14.2 Å². The second-order valence-electron chi connectivity index (χ2n) is 4.70. The van der Waals surface area contributed by atoms with Crippen molar-refractivity contribution in [2.75, 3.05) is 21.3 Å². The molecule has 0 aliphatic carbocycles. The molecule has 0 saturated carbocycles. The largest absolute Gasteiger partial charge is 0.508 e.